The molecule has 0 saturated carbocycles. The van der Waals surface area contributed by atoms with E-state index in [1.807, 2.05) is 6.07 Å². The highest BCUT2D eigenvalue weighted by Crippen LogP contribution is 2.42. The van der Waals surface area contributed by atoms with Crippen LogP contribution in [0.4, 0.5) is 17.3 Å². The maximum Gasteiger partial charge on any atom is 0.278 e. The first-order valence-corrected chi connectivity index (χ1v) is 15.2. The van der Waals surface area contributed by atoms with Gasteiger partial charge < -0.3 is 20.2 Å². The second-order valence-corrected chi connectivity index (χ2v) is 12.8. The van der Waals surface area contributed by atoms with E-state index in [1.54, 1.807) is 42.9 Å². The minimum absolute atomic E-state index is 0.235. The van der Waals surface area contributed by atoms with Gasteiger partial charge in [0.05, 0.1) is 12.2 Å². The zero-order valence-electron chi connectivity index (χ0n) is 25.7. The van der Waals surface area contributed by atoms with Gasteiger partial charge in [-0.1, -0.05) is 12.1 Å². The lowest BCUT2D eigenvalue weighted by molar-refractivity contribution is 0.0738. The molecule has 2 aliphatic heterocycles. The number of hydrogen-bond donors (Lipinski definition) is 2. The topological polar surface area (TPSA) is 104 Å². The molecule has 0 amide bonds. The number of rotatable bonds is 7. The Morgan fingerprint density at radius 1 is 1.07 bits per heavy atom. The highest BCUT2D eigenvalue weighted by molar-refractivity contribution is 5.77. The first-order chi connectivity index (χ1) is 20.6. The summed E-state index contributed by atoms with van der Waals surface area (Å²) in [4.78, 5) is 32.2. The van der Waals surface area contributed by atoms with Crippen molar-refractivity contribution in [1.29, 1.82) is 0 Å². The normalized spacial score (nSPS) is 17.5. The van der Waals surface area contributed by atoms with Gasteiger partial charge in [-0.2, -0.15) is 4.98 Å². The zero-order chi connectivity index (χ0) is 30.4. The lowest BCUT2D eigenvalue weighted by atomic mass is 9.71. The Morgan fingerprint density at radius 3 is 2.47 bits per heavy atom. The van der Waals surface area contributed by atoms with Crippen LogP contribution in [0.1, 0.15) is 50.8 Å². The van der Waals surface area contributed by atoms with E-state index in [-0.39, 0.29) is 12.1 Å². The number of aliphatic hydroxyl groups is 1. The number of aryl methyl sites for hydroxylation is 1. The van der Waals surface area contributed by atoms with Crippen LogP contribution in [0.5, 0.6) is 0 Å². The number of aromatic nitrogens is 5. The first-order valence-electron chi connectivity index (χ1n) is 15.2. The Bertz CT molecular complexity index is 1700. The Labute approximate surface area is 252 Å². The van der Waals surface area contributed by atoms with Crippen molar-refractivity contribution in [3.63, 3.8) is 0 Å². The van der Waals surface area contributed by atoms with Gasteiger partial charge in [0.25, 0.3) is 5.56 Å². The molecule has 1 spiro atoms. The number of hydrogen-bond acceptors (Lipinski definition) is 8. The number of likely N-dealkylation sites (tertiary alicyclic amines) is 1. The lowest BCUT2D eigenvalue weighted by Crippen LogP contribution is -2.46. The van der Waals surface area contributed by atoms with Gasteiger partial charge in [-0.15, -0.1) is 6.58 Å². The summed E-state index contributed by atoms with van der Waals surface area (Å²) in [5.74, 6) is 0.857. The monoisotopic (exact) mass is 582 g/mol. The van der Waals surface area contributed by atoms with Gasteiger partial charge >= 0.3 is 0 Å². The molecule has 226 valence electrons. The molecule has 6 rings (SSSR count). The smallest absolute Gasteiger partial charge is 0.278 e. The predicted octanol–water partition coefficient (Wildman–Crippen LogP) is 4.75. The molecule has 3 aromatic heterocycles. The van der Waals surface area contributed by atoms with Gasteiger partial charge in [0.2, 0.25) is 5.95 Å². The minimum atomic E-state index is -1.14. The summed E-state index contributed by atoms with van der Waals surface area (Å²) < 4.78 is 3.20. The molecular weight excluding hydrogens is 540 g/mol. The second kappa shape index (κ2) is 11.2. The number of nitrogens with zero attached hydrogens (tertiary/aromatic N) is 7. The summed E-state index contributed by atoms with van der Waals surface area (Å²) in [7, 11) is 2.23. The fourth-order valence-electron chi connectivity index (χ4n) is 6.43. The van der Waals surface area contributed by atoms with E-state index in [9.17, 15) is 9.90 Å². The predicted molar refractivity (Wildman–Crippen MR) is 171 cm³/mol. The molecule has 0 radical (unpaired) electrons. The van der Waals surface area contributed by atoms with E-state index in [2.05, 4.69) is 63.8 Å². The van der Waals surface area contributed by atoms with E-state index in [0.29, 0.717) is 33.9 Å². The van der Waals surface area contributed by atoms with Crippen molar-refractivity contribution in [1.82, 2.24) is 29.2 Å². The van der Waals surface area contributed by atoms with Crippen molar-refractivity contribution in [3.8, 4) is 5.82 Å². The third kappa shape index (κ3) is 5.69. The van der Waals surface area contributed by atoms with Gasteiger partial charge in [0.1, 0.15) is 11.0 Å². The standard InChI is InChI=1S/C33H42N8O2/c1-6-16-40-30(42)25-22-34-31(37-29(25)41(40)28-9-7-8-27(36-28)32(3,4)43)35-26-11-10-24(21-23(26)2)39-19-14-33(15-20-39)12-17-38(5)18-13-33/h6-11,21-22,43H,1,12-20H2,2-5H3,(H,34,35,37). The van der Waals surface area contributed by atoms with Gasteiger partial charge in [-0.25, -0.2) is 19.3 Å². The van der Waals surface area contributed by atoms with Crippen LogP contribution < -0.4 is 15.8 Å². The van der Waals surface area contributed by atoms with E-state index in [4.69, 9.17) is 4.98 Å². The molecule has 0 atom stereocenters. The number of pyridine rings is 1. The Hall–Kier alpha value is -4.02. The van der Waals surface area contributed by atoms with E-state index < -0.39 is 5.60 Å². The Kier molecular flexibility index (Phi) is 7.60. The minimum Gasteiger partial charge on any atom is -0.384 e. The molecule has 0 unspecified atom stereocenters. The Balaban J connectivity index is 1.27. The summed E-state index contributed by atoms with van der Waals surface area (Å²) in [5.41, 5.74) is 3.31. The average Bonchev–Trinajstić information content (AvgIpc) is 3.26. The van der Waals surface area contributed by atoms with Crippen molar-refractivity contribution in [2.24, 2.45) is 5.41 Å². The maximum atomic E-state index is 13.3. The largest absolute Gasteiger partial charge is 0.384 e. The summed E-state index contributed by atoms with van der Waals surface area (Å²) in [5, 5.41) is 14.3. The number of fused-ring (bicyclic) bond motifs is 1. The van der Waals surface area contributed by atoms with Crippen molar-refractivity contribution in [2.45, 2.75) is 58.6 Å². The van der Waals surface area contributed by atoms with Crippen LogP contribution in [0.25, 0.3) is 16.9 Å². The number of nitrogens with one attached hydrogen (secondary N) is 1. The molecule has 4 aromatic rings. The molecule has 2 aliphatic rings. The van der Waals surface area contributed by atoms with Crippen LogP contribution in [-0.2, 0) is 12.1 Å². The van der Waals surface area contributed by atoms with Crippen LogP contribution in [0.2, 0.25) is 0 Å². The number of benzene rings is 1. The highest BCUT2D eigenvalue weighted by Gasteiger charge is 2.36. The van der Waals surface area contributed by atoms with Crippen LogP contribution in [0.3, 0.4) is 0 Å². The third-order valence-electron chi connectivity index (χ3n) is 9.25. The number of allylic oxidation sites excluding steroid dienone is 1. The molecule has 0 bridgehead atoms. The van der Waals surface area contributed by atoms with Gasteiger partial charge in [0, 0.05) is 30.7 Å². The maximum absolute atomic E-state index is 13.3. The molecule has 5 heterocycles. The fourth-order valence-corrected chi connectivity index (χ4v) is 6.43. The summed E-state index contributed by atoms with van der Waals surface area (Å²) in [6, 6.07) is 11.9. The molecular formula is C33H42N8O2. The quantitative estimate of drug-likeness (QED) is 0.301. The zero-order valence-corrected chi connectivity index (χ0v) is 25.7. The molecule has 1 aromatic carbocycles. The molecule has 10 nitrogen and oxygen atoms in total. The van der Waals surface area contributed by atoms with Crippen LogP contribution in [0.15, 0.2) is 60.0 Å². The van der Waals surface area contributed by atoms with Crippen molar-refractivity contribution in [3.05, 3.63) is 76.9 Å². The van der Waals surface area contributed by atoms with Crippen molar-refractivity contribution >= 4 is 28.4 Å². The molecule has 2 N–H and O–H groups in total. The Morgan fingerprint density at radius 2 is 1.79 bits per heavy atom. The summed E-state index contributed by atoms with van der Waals surface area (Å²) >= 11 is 0. The van der Waals surface area contributed by atoms with Crippen molar-refractivity contribution < 1.29 is 5.11 Å². The van der Waals surface area contributed by atoms with Gasteiger partial charge in [-0.05, 0) is 108 Å². The van der Waals surface area contributed by atoms with E-state index in [0.717, 1.165) is 24.3 Å². The number of piperidine rings is 2. The molecule has 43 heavy (non-hydrogen) atoms. The molecule has 2 fully saturated rings. The first kappa shape index (κ1) is 29.1. The van der Waals surface area contributed by atoms with Gasteiger partial charge in [-0.3, -0.25) is 4.79 Å². The van der Waals surface area contributed by atoms with E-state index in [1.165, 1.54) is 49.1 Å². The molecule has 0 aliphatic carbocycles. The van der Waals surface area contributed by atoms with Crippen LogP contribution in [0, 0.1) is 12.3 Å². The lowest BCUT2D eigenvalue weighted by Gasteiger charge is -2.47. The molecule has 10 heteroatoms. The van der Waals surface area contributed by atoms with Crippen molar-refractivity contribution in [2.75, 3.05) is 43.4 Å². The van der Waals surface area contributed by atoms with Crippen LogP contribution >= 0.6 is 0 Å². The second-order valence-electron chi connectivity index (χ2n) is 12.8. The SMILES string of the molecule is C=CCn1c(=O)c2cnc(Nc3ccc(N4CCC5(CCN(C)CC5)CC4)cc3C)nc2n1-c1cccc(C(C)(C)O)n1. The van der Waals surface area contributed by atoms with E-state index >= 15 is 0 Å². The highest BCUT2D eigenvalue weighted by atomic mass is 16.3. The average molecular weight is 583 g/mol. The summed E-state index contributed by atoms with van der Waals surface area (Å²) in [6.07, 6.45) is 8.36. The fraction of sp³-hybridized carbons (Fsp3) is 0.455. The number of anilines is 3. The van der Waals surface area contributed by atoms with Crippen LogP contribution in [-0.4, -0.2) is 67.5 Å². The van der Waals surface area contributed by atoms with Gasteiger partial charge in [0.15, 0.2) is 11.5 Å². The summed E-state index contributed by atoms with van der Waals surface area (Å²) in [6.45, 7) is 14.2. The molecule has 2 saturated heterocycles. The third-order valence-corrected chi connectivity index (χ3v) is 9.25.